The van der Waals surface area contributed by atoms with Crippen LogP contribution in [0.4, 0.5) is 0 Å². The Morgan fingerprint density at radius 1 is 0.944 bits per heavy atom. The predicted octanol–water partition coefficient (Wildman–Crippen LogP) is 4.44. The maximum atomic E-state index is 12.4. The third-order valence-electron chi connectivity index (χ3n) is 3.13. The topological polar surface area (TPSA) is 17.1 Å². The van der Waals surface area contributed by atoms with Gasteiger partial charge in [0.05, 0.1) is 4.88 Å². The van der Waals surface area contributed by atoms with Gasteiger partial charge >= 0.3 is 0 Å². The van der Waals surface area contributed by atoms with Gasteiger partial charge in [0.25, 0.3) is 0 Å². The highest BCUT2D eigenvalue weighted by Gasteiger charge is 2.13. The fourth-order valence-electron chi connectivity index (χ4n) is 2.19. The highest BCUT2D eigenvalue weighted by molar-refractivity contribution is 7.12. The van der Waals surface area contributed by atoms with Gasteiger partial charge < -0.3 is 0 Å². The van der Waals surface area contributed by atoms with Crippen molar-refractivity contribution >= 4 is 27.9 Å². The third kappa shape index (κ3) is 1.75. The zero-order chi connectivity index (χ0) is 12.5. The second-order valence-corrected chi connectivity index (χ2v) is 5.23. The Hall–Kier alpha value is -1.93. The quantitative estimate of drug-likeness (QED) is 0.616. The Balaban J connectivity index is 2.25. The average Bonchev–Trinajstić information content (AvgIpc) is 2.93. The molecule has 0 atom stereocenters. The molecule has 0 aliphatic rings. The molecule has 88 valence electrons. The van der Waals surface area contributed by atoms with Crippen LogP contribution >= 0.6 is 11.3 Å². The smallest absolute Gasteiger partial charge is 0.203 e. The van der Waals surface area contributed by atoms with Crippen LogP contribution in [0.25, 0.3) is 10.8 Å². The molecule has 0 aliphatic heterocycles. The third-order valence-corrected chi connectivity index (χ3v) is 4.00. The zero-order valence-electron chi connectivity index (χ0n) is 10.0. The first kappa shape index (κ1) is 11.2. The van der Waals surface area contributed by atoms with Crippen LogP contribution in [0.2, 0.25) is 0 Å². The van der Waals surface area contributed by atoms with E-state index in [-0.39, 0.29) is 5.78 Å². The zero-order valence-corrected chi connectivity index (χ0v) is 10.8. The van der Waals surface area contributed by atoms with Gasteiger partial charge in [-0.15, -0.1) is 11.3 Å². The summed E-state index contributed by atoms with van der Waals surface area (Å²) in [5.41, 5.74) is 1.99. The first-order chi connectivity index (χ1) is 8.77. The molecular formula is C16H12OS. The van der Waals surface area contributed by atoms with Crippen molar-refractivity contribution in [2.75, 3.05) is 0 Å². The summed E-state index contributed by atoms with van der Waals surface area (Å²) in [5.74, 6) is 0.112. The highest BCUT2D eigenvalue weighted by Crippen LogP contribution is 2.25. The van der Waals surface area contributed by atoms with Gasteiger partial charge in [0, 0.05) is 5.56 Å². The first-order valence-corrected chi connectivity index (χ1v) is 6.72. The maximum Gasteiger partial charge on any atom is 0.203 e. The van der Waals surface area contributed by atoms with Crippen LogP contribution in [0.1, 0.15) is 20.8 Å². The highest BCUT2D eigenvalue weighted by atomic mass is 32.1. The Labute approximate surface area is 110 Å². The van der Waals surface area contributed by atoms with Crippen molar-refractivity contribution < 1.29 is 4.79 Å². The number of aryl methyl sites for hydroxylation is 1. The molecular weight excluding hydrogens is 240 g/mol. The Bertz CT molecular complexity index is 711. The van der Waals surface area contributed by atoms with Crippen molar-refractivity contribution in [2.45, 2.75) is 6.92 Å². The van der Waals surface area contributed by atoms with Gasteiger partial charge in [0.15, 0.2) is 0 Å². The molecule has 0 aliphatic carbocycles. The molecule has 1 aromatic heterocycles. The van der Waals surface area contributed by atoms with Gasteiger partial charge in [-0.05, 0) is 34.7 Å². The van der Waals surface area contributed by atoms with Crippen molar-refractivity contribution in [3.8, 4) is 0 Å². The summed E-state index contributed by atoms with van der Waals surface area (Å²) in [4.78, 5) is 13.2. The van der Waals surface area contributed by atoms with Gasteiger partial charge in [0.2, 0.25) is 5.78 Å². The van der Waals surface area contributed by atoms with Crippen molar-refractivity contribution in [3.63, 3.8) is 0 Å². The molecule has 0 N–H and O–H groups in total. The van der Waals surface area contributed by atoms with E-state index in [0.717, 1.165) is 21.2 Å². The van der Waals surface area contributed by atoms with Crippen molar-refractivity contribution in [3.05, 3.63) is 69.9 Å². The lowest BCUT2D eigenvalue weighted by molar-refractivity contribution is 0.104. The van der Waals surface area contributed by atoms with E-state index in [1.165, 1.54) is 16.9 Å². The molecule has 0 radical (unpaired) electrons. The van der Waals surface area contributed by atoms with E-state index in [1.54, 1.807) is 0 Å². The molecule has 1 heterocycles. The molecule has 0 saturated carbocycles. The number of ketones is 1. The van der Waals surface area contributed by atoms with E-state index in [4.69, 9.17) is 0 Å². The van der Waals surface area contributed by atoms with E-state index in [0.29, 0.717) is 0 Å². The second-order valence-electron chi connectivity index (χ2n) is 4.28. The van der Waals surface area contributed by atoms with E-state index < -0.39 is 0 Å². The van der Waals surface area contributed by atoms with Crippen LogP contribution in [-0.2, 0) is 0 Å². The van der Waals surface area contributed by atoms with Gasteiger partial charge in [-0.1, -0.05) is 42.5 Å². The van der Waals surface area contributed by atoms with Crippen LogP contribution in [0.15, 0.2) is 53.9 Å². The summed E-state index contributed by atoms with van der Waals surface area (Å²) in [6.45, 7) is 2.07. The number of carbonyl (C=O) groups excluding carboxylic acids is 1. The van der Waals surface area contributed by atoms with E-state index in [2.05, 4.69) is 13.0 Å². The molecule has 1 nitrogen and oxygen atoms in total. The van der Waals surface area contributed by atoms with Gasteiger partial charge in [-0.25, -0.2) is 0 Å². The van der Waals surface area contributed by atoms with E-state index in [9.17, 15) is 4.79 Å². The molecule has 0 spiro atoms. The second kappa shape index (κ2) is 4.39. The number of fused-ring (bicyclic) bond motifs is 1. The molecule has 0 saturated heterocycles. The number of rotatable bonds is 2. The molecule has 2 heteroatoms. The summed E-state index contributed by atoms with van der Waals surface area (Å²) in [6.07, 6.45) is 0. The Kier molecular flexibility index (Phi) is 2.73. The monoisotopic (exact) mass is 252 g/mol. The number of carbonyl (C=O) groups is 1. The molecule has 0 unspecified atom stereocenters. The fourth-order valence-corrected chi connectivity index (χ4v) is 2.87. The van der Waals surface area contributed by atoms with E-state index >= 15 is 0 Å². The van der Waals surface area contributed by atoms with Gasteiger partial charge in [-0.2, -0.15) is 0 Å². The summed E-state index contributed by atoms with van der Waals surface area (Å²) in [5, 5.41) is 4.12. The molecule has 0 bridgehead atoms. The van der Waals surface area contributed by atoms with Crippen LogP contribution in [0.3, 0.4) is 0 Å². The Morgan fingerprint density at radius 2 is 1.72 bits per heavy atom. The normalized spacial score (nSPS) is 10.7. The standard InChI is InChI=1S/C16H12OS/c1-11-8-9-14(13-6-3-2-5-12(11)13)16(17)15-7-4-10-18-15/h2-10H,1H3. The van der Waals surface area contributed by atoms with Crippen LogP contribution in [0.5, 0.6) is 0 Å². The molecule has 18 heavy (non-hydrogen) atoms. The predicted molar refractivity (Wildman–Crippen MR) is 76.4 cm³/mol. The van der Waals surface area contributed by atoms with Crippen LogP contribution < -0.4 is 0 Å². The molecule has 2 aromatic carbocycles. The summed E-state index contributed by atoms with van der Waals surface area (Å²) in [7, 11) is 0. The lowest BCUT2D eigenvalue weighted by atomic mass is 9.97. The minimum atomic E-state index is 0.112. The lowest BCUT2D eigenvalue weighted by Gasteiger charge is -2.07. The Morgan fingerprint density at radius 3 is 2.44 bits per heavy atom. The number of hydrogen-bond donors (Lipinski definition) is 0. The van der Waals surface area contributed by atoms with Crippen molar-refractivity contribution in [1.29, 1.82) is 0 Å². The maximum absolute atomic E-state index is 12.4. The largest absolute Gasteiger partial charge is 0.288 e. The van der Waals surface area contributed by atoms with Crippen LogP contribution in [-0.4, -0.2) is 5.78 Å². The number of thiophene rings is 1. The number of hydrogen-bond acceptors (Lipinski definition) is 2. The minimum absolute atomic E-state index is 0.112. The van der Waals surface area contributed by atoms with E-state index in [1.807, 2.05) is 47.8 Å². The van der Waals surface area contributed by atoms with Crippen molar-refractivity contribution in [1.82, 2.24) is 0 Å². The summed E-state index contributed by atoms with van der Waals surface area (Å²) >= 11 is 1.49. The minimum Gasteiger partial charge on any atom is -0.288 e. The van der Waals surface area contributed by atoms with Crippen molar-refractivity contribution in [2.24, 2.45) is 0 Å². The fraction of sp³-hybridized carbons (Fsp3) is 0.0625. The van der Waals surface area contributed by atoms with Crippen LogP contribution in [0, 0.1) is 6.92 Å². The average molecular weight is 252 g/mol. The number of benzene rings is 2. The lowest BCUT2D eigenvalue weighted by Crippen LogP contribution is -2.00. The summed E-state index contributed by atoms with van der Waals surface area (Å²) in [6, 6.07) is 15.8. The first-order valence-electron chi connectivity index (χ1n) is 5.84. The van der Waals surface area contributed by atoms with Gasteiger partial charge in [-0.3, -0.25) is 4.79 Å². The summed E-state index contributed by atoms with van der Waals surface area (Å²) < 4.78 is 0. The molecule has 3 aromatic rings. The molecule has 0 amide bonds. The SMILES string of the molecule is Cc1ccc(C(=O)c2cccs2)c2ccccc12. The molecule has 3 rings (SSSR count). The molecule has 0 fully saturated rings. The van der Waals surface area contributed by atoms with Gasteiger partial charge in [0.1, 0.15) is 0 Å².